The number of sulfone groups is 1. The minimum atomic E-state index is -2.95. The first kappa shape index (κ1) is 24.1. The van der Waals surface area contributed by atoms with E-state index in [1.54, 1.807) is 7.05 Å². The molecular formula is C17H30IN3O3S. The van der Waals surface area contributed by atoms with Crippen LogP contribution < -0.4 is 10.6 Å². The van der Waals surface area contributed by atoms with Crippen molar-refractivity contribution < 1.29 is 13.2 Å². The highest BCUT2D eigenvalue weighted by atomic mass is 127. The van der Waals surface area contributed by atoms with E-state index in [2.05, 4.69) is 27.8 Å². The monoisotopic (exact) mass is 483 g/mol. The fourth-order valence-electron chi connectivity index (χ4n) is 2.15. The second-order valence-corrected chi connectivity index (χ2v) is 8.06. The number of nitrogens with zero attached hydrogens (tertiary/aromatic N) is 1. The van der Waals surface area contributed by atoms with Gasteiger partial charge in [0.1, 0.15) is 9.84 Å². The zero-order chi connectivity index (χ0) is 18.0. The third kappa shape index (κ3) is 10.7. The van der Waals surface area contributed by atoms with Crippen molar-refractivity contribution >= 4 is 39.8 Å². The summed E-state index contributed by atoms with van der Waals surface area (Å²) in [4.78, 5) is 4.19. The number of halogens is 1. The largest absolute Gasteiger partial charge is 0.377 e. The third-order valence-electron chi connectivity index (χ3n) is 3.55. The maximum absolute atomic E-state index is 11.2. The van der Waals surface area contributed by atoms with E-state index in [0.29, 0.717) is 32.1 Å². The van der Waals surface area contributed by atoms with Gasteiger partial charge < -0.3 is 15.4 Å². The first-order valence-electron chi connectivity index (χ1n) is 8.15. The molecule has 144 valence electrons. The molecule has 0 saturated carbocycles. The van der Waals surface area contributed by atoms with Gasteiger partial charge in [0.25, 0.3) is 0 Å². The molecule has 0 aliphatic rings. The van der Waals surface area contributed by atoms with Gasteiger partial charge in [-0.25, -0.2) is 8.42 Å². The highest BCUT2D eigenvalue weighted by Crippen LogP contribution is 2.10. The van der Waals surface area contributed by atoms with Crippen LogP contribution in [-0.2, 0) is 27.7 Å². The normalized spacial score (nSPS) is 13.0. The maximum atomic E-state index is 11.2. The molecule has 0 aromatic heterocycles. The van der Waals surface area contributed by atoms with Crippen molar-refractivity contribution in [1.29, 1.82) is 0 Å². The second kappa shape index (κ2) is 12.5. The number of guanidine groups is 1. The molecule has 6 nitrogen and oxygen atoms in total. The Morgan fingerprint density at radius 2 is 1.92 bits per heavy atom. The average molecular weight is 483 g/mol. The van der Waals surface area contributed by atoms with E-state index in [0.717, 1.165) is 11.1 Å². The van der Waals surface area contributed by atoms with Crippen molar-refractivity contribution in [3.63, 3.8) is 0 Å². The Hall–Kier alpha value is -0.870. The Bertz CT molecular complexity index is 636. The van der Waals surface area contributed by atoms with Crippen LogP contribution in [0.3, 0.4) is 0 Å². The van der Waals surface area contributed by atoms with Gasteiger partial charge in [0.05, 0.1) is 12.4 Å². The van der Waals surface area contributed by atoms with Crippen LogP contribution in [0, 0.1) is 0 Å². The highest BCUT2D eigenvalue weighted by Gasteiger charge is 2.10. The first-order chi connectivity index (χ1) is 11.4. The molecule has 0 bridgehead atoms. The van der Waals surface area contributed by atoms with Gasteiger partial charge in [0.2, 0.25) is 0 Å². The zero-order valence-corrected chi connectivity index (χ0v) is 18.6. The van der Waals surface area contributed by atoms with E-state index in [-0.39, 0.29) is 35.8 Å². The molecule has 1 unspecified atom stereocenters. The number of nitrogens with one attached hydrogen (secondary N) is 2. The Morgan fingerprint density at radius 1 is 1.28 bits per heavy atom. The van der Waals surface area contributed by atoms with Crippen LogP contribution in [0.15, 0.2) is 29.3 Å². The van der Waals surface area contributed by atoms with E-state index < -0.39 is 9.84 Å². The standard InChI is InChI=1S/C17H29N3O3S.HI/c1-5-23-13-16-9-7-6-8-15(16)12-19-17(18-3)20-14(2)10-11-24(4,21)22;/h6-9,14H,5,10-13H2,1-4H3,(H2,18,19,20);1H. The summed E-state index contributed by atoms with van der Waals surface area (Å²) in [7, 11) is -1.25. The van der Waals surface area contributed by atoms with Gasteiger partial charge >= 0.3 is 0 Å². The van der Waals surface area contributed by atoms with Gasteiger partial charge in [-0.3, -0.25) is 4.99 Å². The first-order valence-corrected chi connectivity index (χ1v) is 10.2. The number of rotatable bonds is 9. The lowest BCUT2D eigenvalue weighted by Gasteiger charge is -2.18. The van der Waals surface area contributed by atoms with Gasteiger partial charge in [-0.15, -0.1) is 24.0 Å². The Balaban J connectivity index is 0.00000576. The molecule has 1 aromatic carbocycles. The molecule has 1 atom stereocenters. The summed E-state index contributed by atoms with van der Waals surface area (Å²) in [5.74, 6) is 0.817. The number of hydrogen-bond donors (Lipinski definition) is 2. The summed E-state index contributed by atoms with van der Waals surface area (Å²) in [5, 5.41) is 6.48. The Labute approximate surface area is 168 Å². The molecule has 1 rings (SSSR count). The van der Waals surface area contributed by atoms with Crippen molar-refractivity contribution in [3.05, 3.63) is 35.4 Å². The molecule has 8 heteroatoms. The fourth-order valence-corrected chi connectivity index (χ4v) is 2.93. The van der Waals surface area contributed by atoms with Crippen LogP contribution in [0.2, 0.25) is 0 Å². The lowest BCUT2D eigenvalue weighted by atomic mass is 10.1. The van der Waals surface area contributed by atoms with Crippen LogP contribution in [-0.4, -0.2) is 46.1 Å². The minimum Gasteiger partial charge on any atom is -0.377 e. The lowest BCUT2D eigenvalue weighted by Crippen LogP contribution is -2.42. The fraction of sp³-hybridized carbons (Fsp3) is 0.588. The molecule has 0 saturated heterocycles. The summed E-state index contributed by atoms with van der Waals surface area (Å²) in [6.45, 7) is 5.82. The molecule has 0 heterocycles. The molecule has 0 amide bonds. The number of aliphatic imine (C=N–C) groups is 1. The van der Waals surface area contributed by atoms with Crippen LogP contribution in [0.25, 0.3) is 0 Å². The second-order valence-electron chi connectivity index (χ2n) is 5.80. The van der Waals surface area contributed by atoms with Gasteiger partial charge in [-0.2, -0.15) is 0 Å². The number of ether oxygens (including phenoxy) is 1. The molecule has 25 heavy (non-hydrogen) atoms. The Kier molecular flexibility index (Phi) is 12.0. The third-order valence-corrected chi connectivity index (χ3v) is 4.53. The van der Waals surface area contributed by atoms with E-state index in [1.807, 2.05) is 26.0 Å². The van der Waals surface area contributed by atoms with Gasteiger partial charge in [0, 0.05) is 32.5 Å². The molecular weight excluding hydrogens is 453 g/mol. The minimum absolute atomic E-state index is 0. The summed E-state index contributed by atoms with van der Waals surface area (Å²) in [5.41, 5.74) is 2.30. The Morgan fingerprint density at radius 3 is 2.48 bits per heavy atom. The van der Waals surface area contributed by atoms with Crippen LogP contribution in [0.5, 0.6) is 0 Å². The van der Waals surface area contributed by atoms with Crippen LogP contribution in [0.4, 0.5) is 0 Å². The lowest BCUT2D eigenvalue weighted by molar-refractivity contribution is 0.133. The van der Waals surface area contributed by atoms with Gasteiger partial charge in [0.15, 0.2) is 5.96 Å². The smallest absolute Gasteiger partial charge is 0.191 e. The van der Waals surface area contributed by atoms with Crippen LogP contribution in [0.1, 0.15) is 31.4 Å². The van der Waals surface area contributed by atoms with E-state index in [4.69, 9.17) is 4.74 Å². The summed E-state index contributed by atoms with van der Waals surface area (Å²) < 4.78 is 28.0. The molecule has 0 fully saturated rings. The zero-order valence-electron chi connectivity index (χ0n) is 15.4. The van der Waals surface area contributed by atoms with Crippen molar-refractivity contribution in [1.82, 2.24) is 10.6 Å². The topological polar surface area (TPSA) is 79.8 Å². The predicted octanol–water partition coefficient (Wildman–Crippen LogP) is 2.33. The number of benzene rings is 1. The average Bonchev–Trinajstić information content (AvgIpc) is 2.55. The molecule has 0 aliphatic carbocycles. The SMILES string of the molecule is CCOCc1ccccc1CNC(=NC)NC(C)CCS(C)(=O)=O.I. The van der Waals surface area contributed by atoms with Gasteiger partial charge in [-0.05, 0) is 31.4 Å². The van der Waals surface area contributed by atoms with E-state index in [1.165, 1.54) is 6.26 Å². The molecule has 2 N–H and O–H groups in total. The van der Waals surface area contributed by atoms with E-state index in [9.17, 15) is 8.42 Å². The molecule has 1 aromatic rings. The van der Waals surface area contributed by atoms with Crippen molar-refractivity contribution in [2.45, 2.75) is 39.5 Å². The van der Waals surface area contributed by atoms with Crippen molar-refractivity contribution in [3.8, 4) is 0 Å². The molecule has 0 spiro atoms. The molecule has 0 radical (unpaired) electrons. The van der Waals surface area contributed by atoms with Crippen molar-refractivity contribution in [2.24, 2.45) is 4.99 Å². The quantitative estimate of drug-likeness (QED) is 0.320. The summed E-state index contributed by atoms with van der Waals surface area (Å²) in [6, 6.07) is 8.12. The predicted molar refractivity (Wildman–Crippen MR) is 114 cm³/mol. The molecule has 0 aliphatic heterocycles. The van der Waals surface area contributed by atoms with Crippen molar-refractivity contribution in [2.75, 3.05) is 25.7 Å². The highest BCUT2D eigenvalue weighted by molar-refractivity contribution is 14.0. The van der Waals surface area contributed by atoms with Crippen LogP contribution >= 0.6 is 24.0 Å². The van der Waals surface area contributed by atoms with E-state index >= 15 is 0 Å². The number of hydrogen-bond acceptors (Lipinski definition) is 4. The summed E-state index contributed by atoms with van der Waals surface area (Å²) in [6.07, 6.45) is 1.79. The maximum Gasteiger partial charge on any atom is 0.191 e. The summed E-state index contributed by atoms with van der Waals surface area (Å²) >= 11 is 0. The van der Waals surface area contributed by atoms with Gasteiger partial charge in [-0.1, -0.05) is 24.3 Å².